The van der Waals surface area contributed by atoms with Crippen LogP contribution in [0.3, 0.4) is 0 Å². The number of benzene rings is 1. The third-order valence-corrected chi connectivity index (χ3v) is 8.52. The summed E-state index contributed by atoms with van der Waals surface area (Å²) in [4.78, 5) is 0. The fourth-order valence-electron chi connectivity index (χ4n) is 6.99. The Labute approximate surface area is 151 Å². The van der Waals surface area contributed by atoms with E-state index in [1.165, 1.54) is 49.9 Å². The van der Waals surface area contributed by atoms with Gasteiger partial charge in [0.05, 0.1) is 20.1 Å². The first-order valence-corrected chi connectivity index (χ1v) is 10.4. The highest BCUT2D eigenvalue weighted by molar-refractivity contribution is 5.47. The van der Waals surface area contributed by atoms with Gasteiger partial charge in [-0.3, -0.25) is 0 Å². The van der Waals surface area contributed by atoms with Crippen LogP contribution in [-0.2, 0) is 11.8 Å². The van der Waals surface area contributed by atoms with Gasteiger partial charge in [0, 0.05) is 24.2 Å². The third-order valence-electron chi connectivity index (χ3n) is 8.52. The summed E-state index contributed by atoms with van der Waals surface area (Å²) in [6.45, 7) is 2.43. The minimum Gasteiger partial charge on any atom is -0.508 e. The van der Waals surface area contributed by atoms with Crippen LogP contribution in [-0.4, -0.2) is 46.5 Å². The van der Waals surface area contributed by atoms with Crippen molar-refractivity contribution in [2.24, 2.45) is 5.92 Å². The van der Waals surface area contributed by atoms with Crippen molar-refractivity contribution in [1.82, 2.24) is 0 Å². The molecule has 2 saturated carbocycles. The molecule has 2 unspecified atom stereocenters. The number of nitrogens with zero attached hydrogens (tertiary/aromatic N) is 1. The lowest BCUT2D eigenvalue weighted by Gasteiger charge is -2.66. The summed E-state index contributed by atoms with van der Waals surface area (Å²) in [5, 5.41) is 22.3. The van der Waals surface area contributed by atoms with Gasteiger partial charge in [-0.2, -0.15) is 0 Å². The van der Waals surface area contributed by atoms with Gasteiger partial charge in [0.15, 0.2) is 0 Å². The zero-order valence-electron chi connectivity index (χ0n) is 15.5. The number of rotatable bonds is 2. The Morgan fingerprint density at radius 3 is 2.68 bits per heavy atom. The zero-order chi connectivity index (χ0) is 17.3. The molecule has 3 fully saturated rings. The molecule has 0 spiro atoms. The zero-order valence-corrected chi connectivity index (χ0v) is 15.5. The van der Waals surface area contributed by atoms with Crippen molar-refractivity contribution < 1.29 is 14.7 Å². The van der Waals surface area contributed by atoms with Crippen LogP contribution in [0, 0.1) is 5.92 Å². The fourth-order valence-corrected chi connectivity index (χ4v) is 6.99. The Kier molecular flexibility index (Phi) is 3.38. The lowest BCUT2D eigenvalue weighted by Crippen LogP contribution is -2.78. The van der Waals surface area contributed by atoms with Crippen molar-refractivity contribution in [3.63, 3.8) is 0 Å². The maximum atomic E-state index is 12.1. The van der Waals surface area contributed by atoms with Gasteiger partial charge in [-0.25, -0.2) is 0 Å². The molecule has 3 aliphatic carbocycles. The number of hydrogen-bond acceptors (Lipinski definition) is 2. The molecule has 1 saturated heterocycles. The molecule has 2 bridgehead atoms. The highest BCUT2D eigenvalue weighted by atomic mass is 16.3. The van der Waals surface area contributed by atoms with E-state index in [0.717, 1.165) is 42.5 Å². The molecule has 4 aliphatic rings. The van der Waals surface area contributed by atoms with Gasteiger partial charge < -0.3 is 14.7 Å². The van der Waals surface area contributed by atoms with Gasteiger partial charge >= 0.3 is 0 Å². The molecule has 4 atom stereocenters. The molecule has 3 nitrogen and oxygen atoms in total. The van der Waals surface area contributed by atoms with Crippen LogP contribution < -0.4 is 0 Å². The SMILES string of the molecule is C[N@+]1(CC2CCC2)CC[C@]23CCCCC2(O)C1Cc1ccc(O)cc13. The maximum absolute atomic E-state index is 12.1. The van der Waals surface area contributed by atoms with Crippen LogP contribution in [0.25, 0.3) is 0 Å². The normalized spacial score (nSPS) is 43.0. The summed E-state index contributed by atoms with van der Waals surface area (Å²) in [5.74, 6) is 1.22. The number of fused-ring (bicyclic) bond motifs is 1. The van der Waals surface area contributed by atoms with E-state index in [4.69, 9.17) is 0 Å². The number of phenols is 1. The summed E-state index contributed by atoms with van der Waals surface area (Å²) in [6.07, 6.45) is 10.6. The molecule has 0 amide bonds. The second kappa shape index (κ2) is 5.23. The second-order valence-electron chi connectivity index (χ2n) is 9.71. The van der Waals surface area contributed by atoms with Gasteiger partial charge in [-0.1, -0.05) is 25.3 Å². The minimum absolute atomic E-state index is 0.125. The average molecular weight is 343 g/mol. The van der Waals surface area contributed by atoms with Gasteiger partial charge in [0.1, 0.15) is 17.4 Å². The number of quaternary nitrogens is 1. The Morgan fingerprint density at radius 1 is 1.12 bits per heavy atom. The van der Waals surface area contributed by atoms with E-state index in [-0.39, 0.29) is 5.41 Å². The minimum atomic E-state index is -0.594. The quantitative estimate of drug-likeness (QED) is 0.808. The van der Waals surface area contributed by atoms with E-state index in [0.29, 0.717) is 11.8 Å². The van der Waals surface area contributed by atoms with E-state index < -0.39 is 5.60 Å². The van der Waals surface area contributed by atoms with E-state index in [1.54, 1.807) is 0 Å². The van der Waals surface area contributed by atoms with Gasteiger partial charge in [0.25, 0.3) is 0 Å². The van der Waals surface area contributed by atoms with Crippen molar-refractivity contribution in [1.29, 1.82) is 0 Å². The van der Waals surface area contributed by atoms with E-state index in [9.17, 15) is 10.2 Å². The van der Waals surface area contributed by atoms with Crippen LogP contribution in [0.4, 0.5) is 0 Å². The third kappa shape index (κ3) is 2.06. The molecule has 1 aromatic rings. The maximum Gasteiger partial charge on any atom is 0.126 e. The average Bonchev–Trinajstić information content (AvgIpc) is 2.55. The van der Waals surface area contributed by atoms with Crippen molar-refractivity contribution >= 4 is 0 Å². The number of aromatic hydroxyl groups is 1. The van der Waals surface area contributed by atoms with Gasteiger partial charge in [-0.15, -0.1) is 0 Å². The molecule has 0 radical (unpaired) electrons. The lowest BCUT2D eigenvalue weighted by molar-refractivity contribution is -0.952. The summed E-state index contributed by atoms with van der Waals surface area (Å²) in [5.41, 5.74) is 1.93. The number of phenolic OH excluding ortho intramolecular Hbond substituents is 1. The van der Waals surface area contributed by atoms with Crippen LogP contribution in [0.1, 0.15) is 62.5 Å². The highest BCUT2D eigenvalue weighted by Crippen LogP contribution is 2.60. The van der Waals surface area contributed by atoms with E-state index >= 15 is 0 Å². The topological polar surface area (TPSA) is 40.5 Å². The largest absolute Gasteiger partial charge is 0.508 e. The van der Waals surface area contributed by atoms with Crippen LogP contribution in [0.2, 0.25) is 0 Å². The molecule has 1 aromatic carbocycles. The Balaban J connectivity index is 1.63. The molecule has 0 aromatic heterocycles. The molecule has 1 aliphatic heterocycles. The Morgan fingerprint density at radius 2 is 1.92 bits per heavy atom. The van der Waals surface area contributed by atoms with Crippen LogP contribution in [0.5, 0.6) is 5.75 Å². The first kappa shape index (κ1) is 16.1. The van der Waals surface area contributed by atoms with Crippen LogP contribution in [0.15, 0.2) is 18.2 Å². The second-order valence-corrected chi connectivity index (χ2v) is 9.71. The standard InChI is InChI=1S/C22H31NO2/c1-23(15-16-5-4-6-16)12-11-21-9-2-3-10-22(21,25)20(23)13-17-7-8-18(24)14-19(17)21/h7-8,14,16,20,25H,2-6,9-13,15H2,1H3/p+1/t20?,21-,22?,23+/m0/s1. The molecule has 2 N–H and O–H groups in total. The summed E-state index contributed by atoms with van der Waals surface area (Å²) < 4.78 is 1.06. The number of piperidine rings is 1. The molecule has 25 heavy (non-hydrogen) atoms. The van der Waals surface area contributed by atoms with Crippen molar-refractivity contribution in [3.8, 4) is 5.75 Å². The predicted octanol–water partition coefficient (Wildman–Crippen LogP) is 3.51. The van der Waals surface area contributed by atoms with E-state index in [1.807, 2.05) is 12.1 Å². The van der Waals surface area contributed by atoms with Gasteiger partial charge in [0.2, 0.25) is 0 Å². The summed E-state index contributed by atoms with van der Waals surface area (Å²) in [7, 11) is 2.42. The highest BCUT2D eigenvalue weighted by Gasteiger charge is 2.68. The summed E-state index contributed by atoms with van der Waals surface area (Å²) >= 11 is 0. The number of likely N-dealkylation sites (tertiary alicyclic amines) is 1. The van der Waals surface area contributed by atoms with Crippen LogP contribution >= 0.6 is 0 Å². The molecule has 3 heteroatoms. The van der Waals surface area contributed by atoms with Crippen molar-refractivity contribution in [2.45, 2.75) is 74.8 Å². The first-order valence-electron chi connectivity index (χ1n) is 10.4. The first-order chi connectivity index (χ1) is 12.0. The molecular weight excluding hydrogens is 310 g/mol. The molecule has 5 rings (SSSR count). The Bertz CT molecular complexity index is 699. The van der Waals surface area contributed by atoms with Crippen molar-refractivity contribution in [2.75, 3.05) is 20.1 Å². The Hall–Kier alpha value is -1.06. The number of likely N-dealkylation sites (N-methyl/N-ethyl adjacent to an activating group) is 1. The molecule has 1 heterocycles. The number of hydrogen-bond donors (Lipinski definition) is 2. The smallest absolute Gasteiger partial charge is 0.126 e. The molecular formula is C22H32NO2+. The lowest BCUT2D eigenvalue weighted by atomic mass is 9.49. The van der Waals surface area contributed by atoms with E-state index in [2.05, 4.69) is 13.1 Å². The fraction of sp³-hybridized carbons (Fsp3) is 0.727. The van der Waals surface area contributed by atoms with Gasteiger partial charge in [-0.05, 0) is 48.9 Å². The monoisotopic (exact) mass is 342 g/mol. The predicted molar refractivity (Wildman–Crippen MR) is 98.6 cm³/mol. The van der Waals surface area contributed by atoms with Crippen molar-refractivity contribution in [3.05, 3.63) is 29.3 Å². The summed E-state index contributed by atoms with van der Waals surface area (Å²) in [6, 6.07) is 6.27. The number of aliphatic hydroxyl groups is 1. The molecule has 136 valence electrons.